The van der Waals surface area contributed by atoms with Gasteiger partial charge in [-0.2, -0.15) is 0 Å². The zero-order chi connectivity index (χ0) is 21.5. The van der Waals surface area contributed by atoms with Crippen molar-refractivity contribution in [3.63, 3.8) is 0 Å². The third-order valence-electron chi connectivity index (χ3n) is 4.54. The summed E-state index contributed by atoms with van der Waals surface area (Å²) in [5.74, 6) is 1.04. The number of esters is 1. The summed E-state index contributed by atoms with van der Waals surface area (Å²) in [7, 11) is 3.20. The molecular formula is C24H24O5S. The van der Waals surface area contributed by atoms with Crippen LogP contribution in [-0.2, 0) is 16.0 Å². The highest BCUT2D eigenvalue weighted by Gasteiger charge is 2.20. The molecule has 0 spiro atoms. The summed E-state index contributed by atoms with van der Waals surface area (Å²) in [6, 6.07) is 16.4. The number of carbonyl (C=O) groups excluding carboxylic acids is 2. The molecule has 6 heteroatoms. The number of carbonyl (C=O) groups is 2. The largest absolute Gasteiger partial charge is 0.497 e. The van der Waals surface area contributed by atoms with Gasteiger partial charge in [-0.1, -0.05) is 6.92 Å². The lowest BCUT2D eigenvalue weighted by molar-refractivity contribution is -0.142. The van der Waals surface area contributed by atoms with E-state index < -0.39 is 0 Å². The van der Waals surface area contributed by atoms with Gasteiger partial charge in [-0.05, 0) is 72.1 Å². The van der Waals surface area contributed by atoms with Gasteiger partial charge in [0.25, 0.3) is 0 Å². The molecule has 0 amide bonds. The molecule has 0 atom stereocenters. The molecule has 0 aliphatic carbocycles. The molecule has 0 fully saturated rings. The molecule has 0 bridgehead atoms. The van der Waals surface area contributed by atoms with Gasteiger partial charge in [-0.25, -0.2) is 0 Å². The van der Waals surface area contributed by atoms with Gasteiger partial charge in [0.2, 0.25) is 5.78 Å². The van der Waals surface area contributed by atoms with E-state index in [9.17, 15) is 9.59 Å². The lowest BCUT2D eigenvalue weighted by atomic mass is 10.0. The third-order valence-corrected chi connectivity index (χ3v) is 5.76. The predicted octanol–water partition coefficient (Wildman–Crippen LogP) is 5.16. The molecule has 2 aromatic carbocycles. The van der Waals surface area contributed by atoms with Crippen LogP contribution in [0.15, 0.2) is 54.6 Å². The van der Waals surface area contributed by atoms with Crippen molar-refractivity contribution in [1.82, 2.24) is 0 Å². The van der Waals surface area contributed by atoms with E-state index in [1.807, 2.05) is 31.2 Å². The number of ether oxygens (including phenoxy) is 3. The fourth-order valence-electron chi connectivity index (χ4n) is 2.97. The Morgan fingerprint density at radius 1 is 0.900 bits per heavy atom. The van der Waals surface area contributed by atoms with Gasteiger partial charge in [0.15, 0.2) is 0 Å². The summed E-state index contributed by atoms with van der Waals surface area (Å²) in [6.07, 6.45) is 0.885. The third kappa shape index (κ3) is 5.07. The number of ketones is 1. The Bertz CT molecular complexity index is 1000. The van der Waals surface area contributed by atoms with Crippen LogP contribution in [0.4, 0.5) is 0 Å². The number of methoxy groups -OCH3 is 2. The minimum absolute atomic E-state index is 0.0920. The van der Waals surface area contributed by atoms with Crippen molar-refractivity contribution in [1.29, 1.82) is 0 Å². The molecule has 1 heterocycles. The van der Waals surface area contributed by atoms with Crippen LogP contribution in [-0.4, -0.2) is 32.6 Å². The molecule has 3 rings (SSSR count). The first-order valence-electron chi connectivity index (χ1n) is 9.67. The summed E-state index contributed by atoms with van der Waals surface area (Å²) < 4.78 is 15.6. The zero-order valence-corrected chi connectivity index (χ0v) is 18.1. The fraction of sp³-hybridized carbons (Fsp3) is 0.250. The summed E-state index contributed by atoms with van der Waals surface area (Å²) in [6.45, 7) is 2.34. The molecule has 0 saturated carbocycles. The highest BCUT2D eigenvalue weighted by molar-refractivity contribution is 7.17. The van der Waals surface area contributed by atoms with Gasteiger partial charge in [0.05, 0.1) is 32.1 Å². The van der Waals surface area contributed by atoms with E-state index in [0.717, 1.165) is 28.2 Å². The predicted molar refractivity (Wildman–Crippen MR) is 118 cm³/mol. The molecule has 0 saturated heterocycles. The van der Waals surface area contributed by atoms with Crippen molar-refractivity contribution in [2.45, 2.75) is 19.8 Å². The van der Waals surface area contributed by atoms with Gasteiger partial charge in [-0.15, -0.1) is 11.3 Å². The summed E-state index contributed by atoms with van der Waals surface area (Å²) >= 11 is 1.38. The molecule has 0 unspecified atom stereocenters. The minimum atomic E-state index is -0.298. The van der Waals surface area contributed by atoms with Crippen molar-refractivity contribution in [3.8, 4) is 21.9 Å². The lowest BCUT2D eigenvalue weighted by Gasteiger charge is -2.06. The average Bonchev–Trinajstić information content (AvgIpc) is 3.20. The molecule has 5 nitrogen and oxygen atoms in total. The van der Waals surface area contributed by atoms with Crippen molar-refractivity contribution >= 4 is 23.1 Å². The van der Waals surface area contributed by atoms with Gasteiger partial charge < -0.3 is 14.2 Å². The Morgan fingerprint density at radius 3 is 2.07 bits per heavy atom. The van der Waals surface area contributed by atoms with Crippen LogP contribution >= 0.6 is 11.3 Å². The van der Waals surface area contributed by atoms with E-state index in [1.54, 1.807) is 44.6 Å². The van der Waals surface area contributed by atoms with E-state index in [-0.39, 0.29) is 18.2 Å². The van der Waals surface area contributed by atoms with Gasteiger partial charge in [0.1, 0.15) is 11.5 Å². The van der Waals surface area contributed by atoms with E-state index in [1.165, 1.54) is 11.3 Å². The Morgan fingerprint density at radius 2 is 1.50 bits per heavy atom. The van der Waals surface area contributed by atoms with Crippen LogP contribution in [0.5, 0.6) is 11.5 Å². The van der Waals surface area contributed by atoms with Crippen LogP contribution in [0.3, 0.4) is 0 Å². The molecule has 1 aromatic heterocycles. The van der Waals surface area contributed by atoms with Crippen LogP contribution in [0.25, 0.3) is 10.4 Å². The molecule has 3 aromatic rings. The van der Waals surface area contributed by atoms with Crippen LogP contribution in [0.1, 0.15) is 34.1 Å². The monoisotopic (exact) mass is 424 g/mol. The second-order valence-electron chi connectivity index (χ2n) is 6.65. The van der Waals surface area contributed by atoms with Crippen LogP contribution in [0, 0.1) is 0 Å². The normalized spacial score (nSPS) is 10.5. The Balaban J connectivity index is 1.95. The molecule has 156 valence electrons. The van der Waals surface area contributed by atoms with Crippen LogP contribution < -0.4 is 9.47 Å². The number of hydrogen-bond acceptors (Lipinski definition) is 6. The molecule has 0 aliphatic heterocycles. The lowest BCUT2D eigenvalue weighted by Crippen LogP contribution is -2.08. The zero-order valence-electron chi connectivity index (χ0n) is 17.3. The number of hydrogen-bond donors (Lipinski definition) is 0. The summed E-state index contributed by atoms with van der Waals surface area (Å²) in [4.78, 5) is 26.7. The molecule has 0 aliphatic rings. The van der Waals surface area contributed by atoms with Gasteiger partial charge in [-0.3, -0.25) is 9.59 Å². The topological polar surface area (TPSA) is 61.8 Å². The van der Waals surface area contributed by atoms with Crippen molar-refractivity contribution in [2.24, 2.45) is 0 Å². The Kier molecular flexibility index (Phi) is 7.25. The van der Waals surface area contributed by atoms with Crippen molar-refractivity contribution in [2.75, 3.05) is 20.8 Å². The Labute approximate surface area is 180 Å². The quantitative estimate of drug-likeness (QED) is 0.351. The molecule has 30 heavy (non-hydrogen) atoms. The number of thiophene rings is 1. The maximum absolute atomic E-state index is 13.0. The van der Waals surface area contributed by atoms with E-state index in [4.69, 9.17) is 14.2 Å². The second kappa shape index (κ2) is 10.1. The smallest absolute Gasteiger partial charge is 0.310 e. The molecular weight excluding hydrogens is 400 g/mol. The number of rotatable bonds is 9. The maximum atomic E-state index is 13.0. The van der Waals surface area contributed by atoms with Crippen molar-refractivity contribution < 1.29 is 23.8 Å². The first-order valence-corrected chi connectivity index (χ1v) is 10.5. The highest BCUT2D eigenvalue weighted by atomic mass is 32.1. The SMILES string of the molecule is CCCOC(=O)Cc1cc(C(=O)c2ccc(OC)cc2)sc1-c1ccc(OC)cc1. The van der Waals surface area contributed by atoms with Crippen LogP contribution in [0.2, 0.25) is 0 Å². The molecule has 0 radical (unpaired) electrons. The van der Waals surface area contributed by atoms with Crippen molar-refractivity contribution in [3.05, 3.63) is 70.6 Å². The van der Waals surface area contributed by atoms with E-state index in [2.05, 4.69) is 0 Å². The second-order valence-corrected chi connectivity index (χ2v) is 7.70. The first kappa shape index (κ1) is 21.6. The highest BCUT2D eigenvalue weighted by Crippen LogP contribution is 2.35. The summed E-state index contributed by atoms with van der Waals surface area (Å²) in [5, 5.41) is 0. The minimum Gasteiger partial charge on any atom is -0.497 e. The first-order chi connectivity index (χ1) is 14.5. The maximum Gasteiger partial charge on any atom is 0.310 e. The van der Waals surface area contributed by atoms with E-state index >= 15 is 0 Å². The fourth-order valence-corrected chi connectivity index (χ4v) is 4.11. The average molecular weight is 425 g/mol. The van der Waals surface area contributed by atoms with E-state index in [0.29, 0.717) is 22.8 Å². The Hall–Kier alpha value is -3.12. The standard InChI is InChI=1S/C24H24O5S/c1-4-13-29-22(25)15-18-14-21(23(26)16-5-9-19(27-2)10-6-16)30-24(18)17-7-11-20(28-3)12-8-17/h5-12,14H,4,13,15H2,1-3H3. The summed E-state index contributed by atoms with van der Waals surface area (Å²) in [5.41, 5.74) is 2.27. The van der Waals surface area contributed by atoms with Gasteiger partial charge in [0, 0.05) is 10.4 Å². The number of benzene rings is 2. The van der Waals surface area contributed by atoms with Gasteiger partial charge >= 0.3 is 5.97 Å². The molecule has 0 N–H and O–H groups in total.